The van der Waals surface area contributed by atoms with E-state index in [0.717, 1.165) is 34.9 Å². The van der Waals surface area contributed by atoms with E-state index in [-0.39, 0.29) is 24.6 Å². The van der Waals surface area contributed by atoms with Crippen molar-refractivity contribution in [3.8, 4) is 0 Å². The Bertz CT molecular complexity index is 1490. The number of nitrogens with zero attached hydrogens (tertiary/aromatic N) is 4. The monoisotopic (exact) mass is 560 g/mol. The van der Waals surface area contributed by atoms with Crippen LogP contribution in [0.15, 0.2) is 73.2 Å². The van der Waals surface area contributed by atoms with Crippen LogP contribution in [0.5, 0.6) is 0 Å². The maximum Gasteiger partial charge on any atom is 0.250 e. The average molecular weight is 561 g/mol. The number of halogens is 1. The third kappa shape index (κ3) is 5.52. The second kappa shape index (κ2) is 11.5. The lowest BCUT2D eigenvalue weighted by Gasteiger charge is -2.28. The second-order valence-corrected chi connectivity index (χ2v) is 10.2. The van der Waals surface area contributed by atoms with Gasteiger partial charge < -0.3 is 24.8 Å². The quantitative estimate of drug-likeness (QED) is 0.281. The molecule has 1 saturated heterocycles. The van der Waals surface area contributed by atoms with Crippen LogP contribution < -0.4 is 15.5 Å². The van der Waals surface area contributed by atoms with Crippen LogP contribution in [0.4, 0.5) is 11.4 Å². The molecule has 1 fully saturated rings. The highest BCUT2D eigenvalue weighted by atomic mass is 35.5. The van der Waals surface area contributed by atoms with Crippen LogP contribution in [0.2, 0.25) is 5.02 Å². The minimum absolute atomic E-state index is 0.0544. The highest BCUT2D eigenvalue weighted by Crippen LogP contribution is 2.44. The van der Waals surface area contributed by atoms with Gasteiger partial charge in [0.05, 0.1) is 28.5 Å². The fourth-order valence-corrected chi connectivity index (χ4v) is 5.63. The summed E-state index contributed by atoms with van der Waals surface area (Å²) in [6.45, 7) is 4.94. The van der Waals surface area contributed by atoms with Gasteiger partial charge >= 0.3 is 0 Å². The number of pyridine rings is 2. The van der Waals surface area contributed by atoms with Crippen LogP contribution in [-0.4, -0.2) is 39.3 Å². The van der Waals surface area contributed by atoms with Gasteiger partial charge in [-0.1, -0.05) is 17.7 Å². The zero-order chi connectivity index (χ0) is 27.5. The molecule has 1 aromatic carbocycles. The Labute approximate surface area is 238 Å². The topological polar surface area (TPSA) is 84.3 Å². The van der Waals surface area contributed by atoms with Crippen molar-refractivity contribution >= 4 is 46.2 Å². The van der Waals surface area contributed by atoms with Crippen LogP contribution in [0, 0.1) is 13.8 Å². The summed E-state index contributed by atoms with van der Waals surface area (Å²) in [6, 6.07) is 17.3. The molecule has 0 spiro atoms. The number of ether oxygens (including phenoxy) is 1. The molecule has 4 aromatic rings. The van der Waals surface area contributed by atoms with Gasteiger partial charge in [0.2, 0.25) is 5.91 Å². The molecule has 10 heteroatoms. The second-order valence-electron chi connectivity index (χ2n) is 9.41. The summed E-state index contributed by atoms with van der Waals surface area (Å²) in [5, 5.41) is 7.26. The summed E-state index contributed by atoms with van der Waals surface area (Å²) >= 11 is 12.5. The number of hydrogen-bond donors (Lipinski definition) is 2. The number of anilines is 2. The summed E-state index contributed by atoms with van der Waals surface area (Å²) in [7, 11) is 1.47. The summed E-state index contributed by atoms with van der Waals surface area (Å²) in [6.07, 6.45) is 5.42. The Morgan fingerprint density at radius 1 is 1.13 bits per heavy atom. The molecule has 8 nitrogen and oxygen atoms in total. The van der Waals surface area contributed by atoms with Gasteiger partial charge in [0, 0.05) is 49.3 Å². The third-order valence-corrected chi connectivity index (χ3v) is 7.53. The number of benzene rings is 1. The molecule has 0 bridgehead atoms. The third-order valence-electron chi connectivity index (χ3n) is 6.90. The number of thiocarbonyl (C=S) groups is 1. The lowest BCUT2D eigenvalue weighted by molar-refractivity contribution is -0.119. The highest BCUT2D eigenvalue weighted by Gasteiger charge is 2.42. The zero-order valence-electron chi connectivity index (χ0n) is 21.9. The van der Waals surface area contributed by atoms with Crippen molar-refractivity contribution < 1.29 is 9.53 Å². The smallest absolute Gasteiger partial charge is 0.250 e. The van der Waals surface area contributed by atoms with E-state index in [9.17, 15) is 4.79 Å². The minimum Gasteiger partial charge on any atom is -0.375 e. The summed E-state index contributed by atoms with van der Waals surface area (Å²) in [5.41, 5.74) is 6.80. The van der Waals surface area contributed by atoms with Crippen molar-refractivity contribution in [3.63, 3.8) is 0 Å². The zero-order valence-corrected chi connectivity index (χ0v) is 23.5. The van der Waals surface area contributed by atoms with Crippen molar-refractivity contribution in [1.82, 2.24) is 19.9 Å². The van der Waals surface area contributed by atoms with Gasteiger partial charge in [-0.05, 0) is 85.7 Å². The fourth-order valence-electron chi connectivity index (χ4n) is 5.06. The predicted molar refractivity (Wildman–Crippen MR) is 157 cm³/mol. The summed E-state index contributed by atoms with van der Waals surface area (Å²) in [4.78, 5) is 22.9. The molecule has 1 aliphatic heterocycles. The van der Waals surface area contributed by atoms with Crippen molar-refractivity contribution in [3.05, 3.63) is 106 Å². The van der Waals surface area contributed by atoms with Gasteiger partial charge in [-0.15, -0.1) is 0 Å². The Balaban J connectivity index is 1.56. The van der Waals surface area contributed by atoms with Crippen LogP contribution in [0.3, 0.4) is 0 Å². The maximum absolute atomic E-state index is 12.0. The Morgan fingerprint density at radius 3 is 2.62 bits per heavy atom. The van der Waals surface area contributed by atoms with E-state index in [4.69, 9.17) is 28.6 Å². The SMILES string of the molecule is COCC(=O)Nc1ccc(N2C(=S)N[C@H](c3ccccn3)[C@@H]2c2cc(C)n(Cc3ccncc3)c2C)cc1Cl. The number of carbonyl (C=O) groups excluding carboxylic acids is 1. The minimum atomic E-state index is -0.278. The number of nitrogens with one attached hydrogen (secondary N) is 2. The van der Waals surface area contributed by atoms with Gasteiger partial charge in [-0.3, -0.25) is 14.8 Å². The first-order valence-corrected chi connectivity index (χ1v) is 13.3. The van der Waals surface area contributed by atoms with Crippen molar-refractivity contribution in [2.24, 2.45) is 0 Å². The van der Waals surface area contributed by atoms with Crippen LogP contribution in [-0.2, 0) is 16.1 Å². The molecule has 5 rings (SSSR count). The largest absolute Gasteiger partial charge is 0.375 e. The molecule has 1 aliphatic rings. The Morgan fingerprint density at radius 2 is 1.92 bits per heavy atom. The van der Waals surface area contributed by atoms with Gasteiger partial charge in [-0.25, -0.2) is 0 Å². The number of aryl methyl sites for hydroxylation is 1. The van der Waals surface area contributed by atoms with Crippen molar-refractivity contribution in [2.75, 3.05) is 23.9 Å². The first kappa shape index (κ1) is 26.8. The number of hydrogen-bond acceptors (Lipinski definition) is 5. The lowest BCUT2D eigenvalue weighted by Crippen LogP contribution is -2.29. The van der Waals surface area contributed by atoms with Crippen molar-refractivity contribution in [2.45, 2.75) is 32.5 Å². The molecule has 0 aliphatic carbocycles. The molecule has 2 atom stereocenters. The van der Waals surface area contributed by atoms with E-state index >= 15 is 0 Å². The average Bonchev–Trinajstić information content (AvgIpc) is 3.42. The number of amides is 1. The molecule has 2 N–H and O–H groups in total. The lowest BCUT2D eigenvalue weighted by atomic mass is 9.96. The van der Waals surface area contributed by atoms with Crippen molar-refractivity contribution in [1.29, 1.82) is 0 Å². The maximum atomic E-state index is 12.0. The number of rotatable bonds is 8. The van der Waals surface area contributed by atoms with E-state index in [1.54, 1.807) is 12.3 Å². The molecule has 1 amide bonds. The highest BCUT2D eigenvalue weighted by molar-refractivity contribution is 7.80. The van der Waals surface area contributed by atoms with E-state index in [1.807, 2.05) is 54.9 Å². The summed E-state index contributed by atoms with van der Waals surface area (Å²) < 4.78 is 7.22. The molecular weight excluding hydrogens is 532 g/mol. The molecule has 3 aromatic heterocycles. The standard InChI is InChI=1S/C29H29ClN6O2S/c1-18-14-22(19(2)35(18)16-20-9-12-31-13-10-20)28-27(25-6-4-5-11-32-25)34-29(39)36(28)21-7-8-24(23(30)15-21)33-26(37)17-38-3/h4-15,27-28H,16-17H2,1-3H3,(H,33,37)(H,34,39)/t27-,28+/m1/s1. The van der Waals surface area contributed by atoms with Gasteiger partial charge in [0.15, 0.2) is 5.11 Å². The number of carbonyl (C=O) groups is 1. The first-order valence-electron chi connectivity index (χ1n) is 12.5. The Hall–Kier alpha value is -3.79. The normalized spacial score (nSPS) is 16.8. The molecule has 0 radical (unpaired) electrons. The predicted octanol–water partition coefficient (Wildman–Crippen LogP) is 5.36. The van der Waals surface area contributed by atoms with Gasteiger partial charge in [-0.2, -0.15) is 0 Å². The van der Waals surface area contributed by atoms with E-state index in [2.05, 4.69) is 50.0 Å². The molecule has 0 saturated carbocycles. The number of methoxy groups -OCH3 is 1. The van der Waals surface area contributed by atoms with E-state index < -0.39 is 0 Å². The first-order chi connectivity index (χ1) is 18.9. The van der Waals surface area contributed by atoms with E-state index in [0.29, 0.717) is 15.8 Å². The number of aromatic nitrogens is 3. The molecular formula is C29H29ClN6O2S. The van der Waals surface area contributed by atoms with Crippen LogP contribution in [0.1, 0.15) is 40.3 Å². The van der Waals surface area contributed by atoms with E-state index in [1.165, 1.54) is 12.7 Å². The van der Waals surface area contributed by atoms with Gasteiger partial charge in [0.25, 0.3) is 0 Å². The molecule has 200 valence electrons. The molecule has 0 unspecified atom stereocenters. The fraction of sp³-hybridized carbons (Fsp3) is 0.241. The molecule has 4 heterocycles. The Kier molecular flexibility index (Phi) is 7.92. The van der Waals surface area contributed by atoms with Crippen LogP contribution in [0.25, 0.3) is 0 Å². The summed E-state index contributed by atoms with van der Waals surface area (Å²) in [5.74, 6) is -0.278. The molecule has 39 heavy (non-hydrogen) atoms. The van der Waals surface area contributed by atoms with Crippen LogP contribution >= 0.6 is 23.8 Å². The van der Waals surface area contributed by atoms with Gasteiger partial charge in [0.1, 0.15) is 6.61 Å².